The van der Waals surface area contributed by atoms with Crippen LogP contribution in [0.25, 0.3) is 0 Å². The third kappa shape index (κ3) is 5.60. The molecule has 1 aromatic heterocycles. The number of rotatable bonds is 8. The van der Waals surface area contributed by atoms with Gasteiger partial charge in [0.2, 0.25) is 5.91 Å². The molecule has 0 saturated heterocycles. The molecule has 0 aliphatic carbocycles. The molecule has 3 rings (SSSR count). The molecule has 164 valence electrons. The fourth-order valence-electron chi connectivity index (χ4n) is 3.19. The number of halogens is 1. The van der Waals surface area contributed by atoms with Crippen LogP contribution in [0.5, 0.6) is 0 Å². The van der Waals surface area contributed by atoms with Crippen molar-refractivity contribution in [3.63, 3.8) is 0 Å². The highest BCUT2D eigenvalue weighted by Gasteiger charge is 2.20. The van der Waals surface area contributed by atoms with Crippen molar-refractivity contribution in [1.29, 1.82) is 0 Å². The van der Waals surface area contributed by atoms with Gasteiger partial charge < -0.3 is 15.2 Å². The van der Waals surface area contributed by atoms with Crippen LogP contribution in [0.1, 0.15) is 36.4 Å². The Morgan fingerprint density at radius 3 is 2.48 bits per heavy atom. The van der Waals surface area contributed by atoms with Gasteiger partial charge in [-0.1, -0.05) is 47.6 Å². The number of anilines is 2. The smallest absolute Gasteiger partial charge is 0.237 e. The highest BCUT2D eigenvalue weighted by molar-refractivity contribution is 8.00. The van der Waals surface area contributed by atoms with Gasteiger partial charge in [0.25, 0.3) is 0 Å². The summed E-state index contributed by atoms with van der Waals surface area (Å²) in [6, 6.07) is 11.8. The van der Waals surface area contributed by atoms with Crippen molar-refractivity contribution in [2.45, 2.75) is 58.1 Å². The maximum atomic E-state index is 12.8. The van der Waals surface area contributed by atoms with Crippen molar-refractivity contribution in [3.8, 4) is 0 Å². The van der Waals surface area contributed by atoms with Gasteiger partial charge in [-0.15, -0.1) is 10.2 Å². The quantitative estimate of drug-likeness (QED) is 0.430. The number of aryl methyl sites for hydroxylation is 3. The molecule has 0 aliphatic rings. The van der Waals surface area contributed by atoms with E-state index in [1.54, 1.807) is 0 Å². The van der Waals surface area contributed by atoms with Gasteiger partial charge in [0.05, 0.1) is 11.8 Å². The van der Waals surface area contributed by atoms with E-state index in [0.717, 1.165) is 44.1 Å². The van der Waals surface area contributed by atoms with Gasteiger partial charge in [0.1, 0.15) is 0 Å². The van der Waals surface area contributed by atoms with Crippen LogP contribution in [0.2, 0.25) is 5.02 Å². The standard InChI is InChI=1S/C23H28ClN5OS/c1-6-29-20(13-25-18-11-10-14(2)19(24)12-18)27-28-23(29)31-17(5)22(30)26-21-15(3)8-7-9-16(21)4/h7-12,17,25H,6,13H2,1-5H3,(H,26,30)/t17-/m0/s1. The molecule has 1 atom stereocenters. The predicted octanol–water partition coefficient (Wildman–Crippen LogP) is 5.61. The Morgan fingerprint density at radius 1 is 1.13 bits per heavy atom. The Hall–Kier alpha value is -2.51. The zero-order chi connectivity index (χ0) is 22.5. The van der Waals surface area contributed by atoms with Crippen molar-refractivity contribution in [1.82, 2.24) is 14.8 Å². The van der Waals surface area contributed by atoms with E-state index in [1.165, 1.54) is 11.8 Å². The first-order valence-corrected chi connectivity index (χ1v) is 11.5. The molecule has 0 bridgehead atoms. The van der Waals surface area contributed by atoms with E-state index >= 15 is 0 Å². The number of hydrogen-bond acceptors (Lipinski definition) is 5. The largest absolute Gasteiger partial charge is 0.378 e. The fourth-order valence-corrected chi connectivity index (χ4v) is 4.30. The number of benzene rings is 2. The molecular weight excluding hydrogens is 430 g/mol. The predicted molar refractivity (Wildman–Crippen MR) is 129 cm³/mol. The minimum Gasteiger partial charge on any atom is -0.378 e. The van der Waals surface area contributed by atoms with Crippen LogP contribution in [0, 0.1) is 20.8 Å². The van der Waals surface area contributed by atoms with Crippen molar-refractivity contribution < 1.29 is 4.79 Å². The number of amides is 1. The fraction of sp³-hybridized carbons (Fsp3) is 0.348. The molecule has 1 heterocycles. The summed E-state index contributed by atoms with van der Waals surface area (Å²) in [6.45, 7) is 11.1. The number of hydrogen-bond donors (Lipinski definition) is 2. The van der Waals surface area contributed by atoms with Crippen LogP contribution in [-0.4, -0.2) is 25.9 Å². The summed E-state index contributed by atoms with van der Waals surface area (Å²) in [5.74, 6) is 0.756. The van der Waals surface area contributed by atoms with Gasteiger partial charge in [-0.2, -0.15) is 0 Å². The molecule has 31 heavy (non-hydrogen) atoms. The Morgan fingerprint density at radius 2 is 1.84 bits per heavy atom. The van der Waals surface area contributed by atoms with Crippen LogP contribution in [0.4, 0.5) is 11.4 Å². The van der Waals surface area contributed by atoms with E-state index in [4.69, 9.17) is 11.6 Å². The monoisotopic (exact) mass is 457 g/mol. The van der Waals surface area contributed by atoms with E-state index in [9.17, 15) is 4.79 Å². The summed E-state index contributed by atoms with van der Waals surface area (Å²) in [5.41, 5.74) is 4.94. The second-order valence-corrected chi connectivity index (χ2v) is 9.19. The summed E-state index contributed by atoms with van der Waals surface area (Å²) >= 11 is 7.62. The Balaban J connectivity index is 1.66. The van der Waals surface area contributed by atoms with Crippen LogP contribution < -0.4 is 10.6 Å². The summed E-state index contributed by atoms with van der Waals surface area (Å²) in [4.78, 5) is 12.8. The Labute approximate surface area is 192 Å². The van der Waals surface area contributed by atoms with Gasteiger partial charge in [-0.05, 0) is 63.4 Å². The lowest BCUT2D eigenvalue weighted by molar-refractivity contribution is -0.115. The first-order valence-electron chi connectivity index (χ1n) is 10.3. The van der Waals surface area contributed by atoms with E-state index < -0.39 is 0 Å². The van der Waals surface area contributed by atoms with Crippen molar-refractivity contribution >= 4 is 40.6 Å². The summed E-state index contributed by atoms with van der Waals surface area (Å²) in [5, 5.41) is 16.2. The second-order valence-electron chi connectivity index (χ2n) is 7.48. The first-order chi connectivity index (χ1) is 14.8. The second kappa shape index (κ2) is 10.2. The highest BCUT2D eigenvalue weighted by atomic mass is 35.5. The summed E-state index contributed by atoms with van der Waals surface area (Å²) in [7, 11) is 0. The van der Waals surface area contributed by atoms with E-state index in [1.807, 2.05) is 75.6 Å². The van der Waals surface area contributed by atoms with Crippen LogP contribution in [0.3, 0.4) is 0 Å². The lowest BCUT2D eigenvalue weighted by Crippen LogP contribution is -2.24. The van der Waals surface area contributed by atoms with Crippen LogP contribution in [0.15, 0.2) is 41.6 Å². The van der Waals surface area contributed by atoms with Gasteiger partial charge in [-0.3, -0.25) is 4.79 Å². The number of carbonyl (C=O) groups is 1. The maximum Gasteiger partial charge on any atom is 0.237 e. The lowest BCUT2D eigenvalue weighted by atomic mass is 10.1. The number of para-hydroxylation sites is 1. The van der Waals surface area contributed by atoms with Gasteiger partial charge in [0.15, 0.2) is 11.0 Å². The third-order valence-electron chi connectivity index (χ3n) is 5.11. The SMILES string of the molecule is CCn1c(CNc2ccc(C)c(Cl)c2)nnc1S[C@@H](C)C(=O)Nc1c(C)cccc1C. The lowest BCUT2D eigenvalue weighted by Gasteiger charge is -2.15. The molecule has 0 fully saturated rings. The molecule has 0 unspecified atom stereocenters. The zero-order valence-electron chi connectivity index (χ0n) is 18.5. The summed E-state index contributed by atoms with van der Waals surface area (Å²) < 4.78 is 2.02. The zero-order valence-corrected chi connectivity index (χ0v) is 20.1. The molecule has 0 radical (unpaired) electrons. The van der Waals surface area contributed by atoms with Crippen molar-refractivity contribution in [3.05, 3.63) is 63.9 Å². The number of nitrogens with one attached hydrogen (secondary N) is 2. The third-order valence-corrected chi connectivity index (χ3v) is 6.60. The Bertz CT molecular complexity index is 1060. The van der Waals surface area contributed by atoms with E-state index in [2.05, 4.69) is 20.8 Å². The first kappa shape index (κ1) is 23.2. The average molecular weight is 458 g/mol. The number of thioether (sulfide) groups is 1. The molecule has 0 spiro atoms. The number of nitrogens with zero attached hydrogens (tertiary/aromatic N) is 3. The van der Waals surface area contributed by atoms with Crippen molar-refractivity contribution in [2.24, 2.45) is 0 Å². The maximum absolute atomic E-state index is 12.8. The average Bonchev–Trinajstić information content (AvgIpc) is 3.12. The molecular formula is C23H28ClN5OS. The van der Waals surface area contributed by atoms with Crippen LogP contribution >= 0.6 is 23.4 Å². The molecule has 0 aliphatic heterocycles. The van der Waals surface area contributed by atoms with Crippen molar-refractivity contribution in [2.75, 3.05) is 10.6 Å². The van der Waals surface area contributed by atoms with Gasteiger partial charge in [0, 0.05) is 22.9 Å². The molecule has 2 aromatic carbocycles. The number of carbonyl (C=O) groups excluding carboxylic acids is 1. The molecule has 3 aromatic rings. The molecule has 8 heteroatoms. The normalized spacial score (nSPS) is 11.9. The van der Waals surface area contributed by atoms with E-state index in [0.29, 0.717) is 13.1 Å². The van der Waals surface area contributed by atoms with E-state index in [-0.39, 0.29) is 11.2 Å². The molecule has 1 amide bonds. The van der Waals surface area contributed by atoms with Gasteiger partial charge in [-0.25, -0.2) is 0 Å². The topological polar surface area (TPSA) is 71.8 Å². The minimum absolute atomic E-state index is 0.0537. The highest BCUT2D eigenvalue weighted by Crippen LogP contribution is 2.26. The molecule has 0 saturated carbocycles. The van der Waals surface area contributed by atoms with Gasteiger partial charge >= 0.3 is 0 Å². The Kier molecular flexibility index (Phi) is 7.62. The number of aromatic nitrogens is 3. The molecule has 2 N–H and O–H groups in total. The molecule has 6 nitrogen and oxygen atoms in total. The minimum atomic E-state index is -0.315. The summed E-state index contributed by atoms with van der Waals surface area (Å²) in [6.07, 6.45) is 0. The van der Waals surface area contributed by atoms with Crippen LogP contribution in [-0.2, 0) is 17.9 Å².